The zero-order valence-electron chi connectivity index (χ0n) is 17.7. The number of rotatable bonds is 7. The number of benzene rings is 1. The Morgan fingerprint density at radius 1 is 1.24 bits per heavy atom. The van der Waals surface area contributed by atoms with Gasteiger partial charge in [0.1, 0.15) is 5.60 Å². The van der Waals surface area contributed by atoms with Crippen molar-refractivity contribution in [2.75, 3.05) is 25.4 Å². The molecule has 0 saturated carbocycles. The second-order valence-electron chi connectivity index (χ2n) is 8.06. The summed E-state index contributed by atoms with van der Waals surface area (Å²) in [6.07, 6.45) is 1.10. The third-order valence-corrected chi connectivity index (χ3v) is 6.52. The highest BCUT2D eigenvalue weighted by molar-refractivity contribution is 7.89. The van der Waals surface area contributed by atoms with Crippen molar-refractivity contribution in [3.8, 4) is 0 Å². The van der Waals surface area contributed by atoms with Gasteiger partial charge in [-0.05, 0) is 33.3 Å². The summed E-state index contributed by atoms with van der Waals surface area (Å²) in [5.41, 5.74) is 0.357. The Morgan fingerprint density at radius 2 is 1.90 bits per heavy atom. The number of hydrogen-bond donors (Lipinski definition) is 0. The summed E-state index contributed by atoms with van der Waals surface area (Å²) in [5.74, 6) is -0.0154. The van der Waals surface area contributed by atoms with Crippen molar-refractivity contribution in [2.45, 2.75) is 52.0 Å². The number of amides is 1. The van der Waals surface area contributed by atoms with Crippen molar-refractivity contribution >= 4 is 16.1 Å². The smallest absolute Gasteiger partial charge is 0.410 e. The molecule has 0 spiro atoms. The monoisotopic (exact) mass is 424 g/mol. The second-order valence-corrected chi connectivity index (χ2v) is 10.3. The van der Waals surface area contributed by atoms with E-state index >= 15 is 0 Å². The third-order valence-electron chi connectivity index (χ3n) is 4.63. The molecule has 1 aromatic rings. The van der Waals surface area contributed by atoms with E-state index in [1.807, 2.05) is 30.3 Å². The van der Waals surface area contributed by atoms with Crippen molar-refractivity contribution in [1.29, 1.82) is 0 Å². The van der Waals surface area contributed by atoms with Crippen LogP contribution in [0.4, 0.5) is 4.79 Å². The molecule has 0 radical (unpaired) electrons. The van der Waals surface area contributed by atoms with Gasteiger partial charge in [-0.1, -0.05) is 36.4 Å². The minimum absolute atomic E-state index is 0.0154. The zero-order chi connectivity index (χ0) is 21.7. The maximum absolute atomic E-state index is 12.7. The fourth-order valence-corrected chi connectivity index (χ4v) is 4.44. The highest BCUT2D eigenvalue weighted by Crippen LogP contribution is 2.23. The molecule has 2 atom stereocenters. The molecule has 0 N–H and O–H groups in total. The van der Waals surface area contributed by atoms with Gasteiger partial charge >= 0.3 is 6.09 Å². The first-order valence-corrected chi connectivity index (χ1v) is 11.4. The summed E-state index contributed by atoms with van der Waals surface area (Å²) in [5, 5.41) is 0. The molecule has 1 amide bonds. The van der Waals surface area contributed by atoms with Gasteiger partial charge in [-0.25, -0.2) is 13.2 Å². The Hall–Kier alpha value is -1.90. The van der Waals surface area contributed by atoms with Crippen molar-refractivity contribution in [1.82, 2.24) is 9.21 Å². The molecule has 1 fully saturated rings. The van der Waals surface area contributed by atoms with E-state index in [1.54, 1.807) is 33.8 Å². The lowest BCUT2D eigenvalue weighted by molar-refractivity contribution is -0.00949. The van der Waals surface area contributed by atoms with Gasteiger partial charge in [0.05, 0.1) is 31.1 Å². The Labute approximate surface area is 174 Å². The van der Waals surface area contributed by atoms with Gasteiger partial charge in [-0.2, -0.15) is 4.31 Å². The van der Waals surface area contributed by atoms with Crippen LogP contribution in [0.2, 0.25) is 0 Å². The van der Waals surface area contributed by atoms with Gasteiger partial charge in [0.2, 0.25) is 10.0 Å². The van der Waals surface area contributed by atoms with Gasteiger partial charge in [0.25, 0.3) is 0 Å². The number of piperazine rings is 1. The van der Waals surface area contributed by atoms with Gasteiger partial charge in [-0.15, -0.1) is 6.58 Å². The molecule has 0 aliphatic carbocycles. The summed E-state index contributed by atoms with van der Waals surface area (Å²) >= 11 is 0. The summed E-state index contributed by atoms with van der Waals surface area (Å²) in [4.78, 5) is 14.2. The molecule has 1 aromatic carbocycles. The van der Waals surface area contributed by atoms with E-state index in [9.17, 15) is 13.2 Å². The van der Waals surface area contributed by atoms with Gasteiger partial charge in [-0.3, -0.25) is 4.90 Å². The van der Waals surface area contributed by atoms with Crippen LogP contribution in [0.25, 0.3) is 0 Å². The Balaban J connectivity index is 2.17. The van der Waals surface area contributed by atoms with E-state index in [2.05, 4.69) is 6.58 Å². The molecule has 162 valence electrons. The Kier molecular flexibility index (Phi) is 7.85. The number of carbonyl (C=O) groups is 1. The minimum Gasteiger partial charge on any atom is -0.444 e. The minimum atomic E-state index is -3.47. The van der Waals surface area contributed by atoms with Gasteiger partial charge < -0.3 is 9.47 Å². The Bertz CT molecular complexity index is 789. The largest absolute Gasteiger partial charge is 0.444 e. The maximum Gasteiger partial charge on any atom is 0.410 e. The Morgan fingerprint density at radius 3 is 2.45 bits per heavy atom. The van der Waals surface area contributed by atoms with E-state index in [4.69, 9.17) is 9.47 Å². The SMILES string of the molecule is C=CC1CN(S(=O)(=O)CC)C(COCc2ccccc2)CN1C(=O)OC(C)(C)C. The molecule has 8 heteroatoms. The quantitative estimate of drug-likeness (QED) is 0.629. The average molecular weight is 425 g/mol. The van der Waals surface area contributed by atoms with Crippen molar-refractivity contribution in [3.05, 3.63) is 48.6 Å². The van der Waals surface area contributed by atoms with Crippen LogP contribution in [0.5, 0.6) is 0 Å². The van der Waals surface area contributed by atoms with Crippen LogP contribution in [0.3, 0.4) is 0 Å². The fourth-order valence-electron chi connectivity index (χ4n) is 3.15. The molecule has 2 rings (SSSR count). The summed E-state index contributed by atoms with van der Waals surface area (Å²) in [7, 11) is -3.47. The van der Waals surface area contributed by atoms with Crippen molar-refractivity contribution in [2.24, 2.45) is 0 Å². The van der Waals surface area contributed by atoms with Crippen LogP contribution < -0.4 is 0 Å². The molecule has 1 aliphatic rings. The van der Waals surface area contributed by atoms with Gasteiger partial charge in [0, 0.05) is 13.1 Å². The molecule has 29 heavy (non-hydrogen) atoms. The molecule has 1 heterocycles. The topological polar surface area (TPSA) is 76.2 Å². The number of hydrogen-bond acceptors (Lipinski definition) is 5. The first kappa shape index (κ1) is 23.4. The predicted molar refractivity (Wildman–Crippen MR) is 113 cm³/mol. The van der Waals surface area contributed by atoms with Crippen molar-refractivity contribution < 1.29 is 22.7 Å². The van der Waals surface area contributed by atoms with Crippen molar-refractivity contribution in [3.63, 3.8) is 0 Å². The normalized spacial score (nSPS) is 21.0. The summed E-state index contributed by atoms with van der Waals surface area (Å²) in [6.45, 7) is 11.6. The summed E-state index contributed by atoms with van der Waals surface area (Å²) in [6, 6.07) is 8.71. The highest BCUT2D eigenvalue weighted by atomic mass is 32.2. The van der Waals surface area contributed by atoms with E-state index < -0.39 is 33.8 Å². The van der Waals surface area contributed by atoms with Crippen LogP contribution >= 0.6 is 0 Å². The first-order chi connectivity index (χ1) is 13.6. The predicted octanol–water partition coefficient (Wildman–Crippen LogP) is 3.03. The second kappa shape index (κ2) is 9.73. The molecular formula is C21H32N2O5S. The average Bonchev–Trinajstić information content (AvgIpc) is 2.67. The molecule has 1 aliphatic heterocycles. The summed E-state index contributed by atoms with van der Waals surface area (Å²) < 4.78 is 38.1. The lowest BCUT2D eigenvalue weighted by Gasteiger charge is -2.44. The standard InChI is InChI=1S/C21H32N2O5S/c1-6-18-14-23(29(25,26)7-2)19(13-22(18)20(24)28-21(3,4)5)16-27-15-17-11-9-8-10-12-17/h6,8-12,18-19H,1,7,13-16H2,2-5H3. The number of sulfonamides is 1. The fraction of sp³-hybridized carbons (Fsp3) is 0.571. The van der Waals surface area contributed by atoms with Crippen LogP contribution in [0.15, 0.2) is 43.0 Å². The van der Waals surface area contributed by atoms with Crippen LogP contribution in [0.1, 0.15) is 33.3 Å². The van der Waals surface area contributed by atoms with Gasteiger partial charge in [0.15, 0.2) is 0 Å². The van der Waals surface area contributed by atoms with Crippen LogP contribution in [0, 0.1) is 0 Å². The highest BCUT2D eigenvalue weighted by Gasteiger charge is 2.41. The molecular weight excluding hydrogens is 392 g/mol. The van der Waals surface area contributed by atoms with E-state index in [-0.39, 0.29) is 25.4 Å². The van der Waals surface area contributed by atoms with Crippen LogP contribution in [-0.2, 0) is 26.1 Å². The van der Waals surface area contributed by atoms with E-state index in [0.717, 1.165) is 5.56 Å². The molecule has 0 bridgehead atoms. The molecule has 2 unspecified atom stereocenters. The van der Waals surface area contributed by atoms with E-state index in [0.29, 0.717) is 6.61 Å². The molecule has 0 aromatic heterocycles. The maximum atomic E-state index is 12.7. The molecule has 7 nitrogen and oxygen atoms in total. The zero-order valence-corrected chi connectivity index (χ0v) is 18.5. The number of ether oxygens (including phenoxy) is 2. The molecule has 1 saturated heterocycles. The number of carbonyl (C=O) groups excluding carboxylic acids is 1. The van der Waals surface area contributed by atoms with E-state index in [1.165, 1.54) is 9.21 Å². The third kappa shape index (κ3) is 6.55. The lowest BCUT2D eigenvalue weighted by Crippen LogP contribution is -2.62. The number of nitrogens with zero attached hydrogens (tertiary/aromatic N) is 2. The van der Waals surface area contributed by atoms with Crippen LogP contribution in [-0.4, -0.2) is 66.9 Å². The lowest BCUT2D eigenvalue weighted by atomic mass is 10.1. The first-order valence-electron chi connectivity index (χ1n) is 9.80.